The molecule has 0 bridgehead atoms. The lowest BCUT2D eigenvalue weighted by Crippen LogP contribution is -2.60. The van der Waals surface area contributed by atoms with E-state index in [2.05, 4.69) is 0 Å². The van der Waals surface area contributed by atoms with Crippen molar-refractivity contribution in [1.29, 1.82) is 0 Å². The van der Waals surface area contributed by atoms with E-state index in [-0.39, 0.29) is 17.3 Å². The minimum absolute atomic E-state index is 0.0837. The molecule has 0 radical (unpaired) electrons. The third kappa shape index (κ3) is 3.09. The summed E-state index contributed by atoms with van der Waals surface area (Å²) in [6.45, 7) is 5.97. The monoisotopic (exact) mass is 370 g/mol. The standard InChI is InChI=1S/C17H26N2O5S/c1-16(2,3)24-15(22)18-8-6-5-7-17(18)9-12-19(14(17)21)11(10-25-12)13(20)23-4/h11-12H,5-10H2,1-4H3/t11-,12-,17-/m1/s1. The van der Waals surface area contributed by atoms with Crippen LogP contribution in [0.3, 0.4) is 0 Å². The summed E-state index contributed by atoms with van der Waals surface area (Å²) in [4.78, 5) is 41.4. The second kappa shape index (κ2) is 6.37. The quantitative estimate of drug-likeness (QED) is 0.657. The molecule has 3 aliphatic rings. The van der Waals surface area contributed by atoms with E-state index in [4.69, 9.17) is 9.47 Å². The Hall–Kier alpha value is -1.44. The predicted molar refractivity (Wildman–Crippen MR) is 93.0 cm³/mol. The summed E-state index contributed by atoms with van der Waals surface area (Å²) < 4.78 is 10.4. The topological polar surface area (TPSA) is 76.1 Å². The summed E-state index contributed by atoms with van der Waals surface area (Å²) in [5, 5.41) is -0.0837. The number of methoxy groups -OCH3 is 1. The molecule has 0 unspecified atom stereocenters. The van der Waals surface area contributed by atoms with E-state index in [0.717, 1.165) is 12.8 Å². The highest BCUT2D eigenvalue weighted by Gasteiger charge is 2.62. The van der Waals surface area contributed by atoms with Crippen LogP contribution in [-0.4, -0.2) is 69.7 Å². The average Bonchev–Trinajstić information content (AvgIpc) is 3.05. The molecule has 3 fully saturated rings. The van der Waals surface area contributed by atoms with Crippen LogP contribution in [0.15, 0.2) is 0 Å². The first-order valence-corrected chi connectivity index (χ1v) is 9.77. The number of carbonyl (C=O) groups excluding carboxylic acids is 3. The SMILES string of the molecule is COC(=O)[C@H]1CS[C@@H]2C[C@]3(CCCCN3C(=O)OC(C)(C)C)C(=O)N12. The summed E-state index contributed by atoms with van der Waals surface area (Å²) in [6, 6.07) is -0.561. The Morgan fingerprint density at radius 3 is 2.64 bits per heavy atom. The van der Waals surface area contributed by atoms with Gasteiger partial charge in [0.1, 0.15) is 17.2 Å². The highest BCUT2D eigenvalue weighted by atomic mass is 32.2. The van der Waals surface area contributed by atoms with E-state index in [1.807, 2.05) is 20.8 Å². The van der Waals surface area contributed by atoms with Crippen LogP contribution in [0.1, 0.15) is 46.5 Å². The van der Waals surface area contributed by atoms with E-state index in [9.17, 15) is 14.4 Å². The number of amides is 2. The molecule has 8 heteroatoms. The molecule has 1 spiro atoms. The highest BCUT2D eigenvalue weighted by molar-refractivity contribution is 8.00. The van der Waals surface area contributed by atoms with Crippen LogP contribution in [0.4, 0.5) is 4.79 Å². The fraction of sp³-hybridized carbons (Fsp3) is 0.824. The number of carbonyl (C=O) groups is 3. The molecule has 3 saturated heterocycles. The molecule has 0 N–H and O–H groups in total. The van der Waals surface area contributed by atoms with Crippen LogP contribution in [-0.2, 0) is 19.1 Å². The van der Waals surface area contributed by atoms with Crippen LogP contribution in [0, 0.1) is 0 Å². The van der Waals surface area contributed by atoms with Gasteiger partial charge in [-0.25, -0.2) is 9.59 Å². The maximum atomic E-state index is 13.3. The van der Waals surface area contributed by atoms with Gasteiger partial charge in [-0.2, -0.15) is 0 Å². The molecule has 7 nitrogen and oxygen atoms in total. The van der Waals surface area contributed by atoms with Crippen LogP contribution in [0.25, 0.3) is 0 Å². The Balaban J connectivity index is 1.88. The van der Waals surface area contributed by atoms with Gasteiger partial charge >= 0.3 is 12.1 Å². The number of likely N-dealkylation sites (tertiary alicyclic amines) is 1. The summed E-state index contributed by atoms with van der Waals surface area (Å²) in [6.07, 6.45) is 2.46. The molecule has 0 aromatic carbocycles. The summed E-state index contributed by atoms with van der Waals surface area (Å²) in [7, 11) is 1.34. The lowest BCUT2D eigenvalue weighted by molar-refractivity contribution is -0.153. The molecule has 3 rings (SSSR count). The van der Waals surface area contributed by atoms with E-state index in [1.54, 1.807) is 21.6 Å². The molecule has 25 heavy (non-hydrogen) atoms. The Kier molecular flexibility index (Phi) is 4.68. The molecule has 140 valence electrons. The van der Waals surface area contributed by atoms with Crippen molar-refractivity contribution in [2.24, 2.45) is 0 Å². The molecule has 0 aliphatic carbocycles. The predicted octanol–water partition coefficient (Wildman–Crippen LogP) is 1.99. The number of piperidine rings is 1. The Labute approximate surface area is 152 Å². The van der Waals surface area contributed by atoms with Gasteiger partial charge in [0.05, 0.1) is 12.5 Å². The lowest BCUT2D eigenvalue weighted by Gasteiger charge is -2.43. The Morgan fingerprint density at radius 1 is 1.28 bits per heavy atom. The van der Waals surface area contributed by atoms with E-state index >= 15 is 0 Å². The molecule has 0 aromatic heterocycles. The largest absolute Gasteiger partial charge is 0.467 e. The zero-order valence-corrected chi connectivity index (χ0v) is 16.1. The van der Waals surface area contributed by atoms with Gasteiger partial charge in [-0.05, 0) is 40.0 Å². The first kappa shape index (κ1) is 18.4. The number of thioether (sulfide) groups is 1. The lowest BCUT2D eigenvalue weighted by atomic mass is 9.85. The number of esters is 1. The van der Waals surface area contributed by atoms with Gasteiger partial charge in [0.25, 0.3) is 0 Å². The molecule has 2 amide bonds. The van der Waals surface area contributed by atoms with E-state index in [0.29, 0.717) is 25.1 Å². The van der Waals surface area contributed by atoms with Gasteiger partial charge < -0.3 is 14.4 Å². The second-order valence-corrected chi connectivity index (χ2v) is 9.07. The van der Waals surface area contributed by atoms with Gasteiger partial charge in [0.2, 0.25) is 5.91 Å². The highest BCUT2D eigenvalue weighted by Crippen LogP contribution is 2.48. The zero-order valence-electron chi connectivity index (χ0n) is 15.2. The van der Waals surface area contributed by atoms with Crippen LogP contribution >= 0.6 is 11.8 Å². The maximum absolute atomic E-state index is 13.3. The van der Waals surface area contributed by atoms with Crippen molar-refractivity contribution in [1.82, 2.24) is 9.80 Å². The Morgan fingerprint density at radius 2 is 2.00 bits per heavy atom. The molecule has 0 aromatic rings. The maximum Gasteiger partial charge on any atom is 0.411 e. The minimum Gasteiger partial charge on any atom is -0.467 e. The fourth-order valence-electron chi connectivity index (χ4n) is 3.98. The van der Waals surface area contributed by atoms with Gasteiger partial charge in [0, 0.05) is 18.7 Å². The molecule has 3 aliphatic heterocycles. The molecule has 0 saturated carbocycles. The van der Waals surface area contributed by atoms with Crippen LogP contribution in [0.5, 0.6) is 0 Å². The third-order valence-corrected chi connectivity index (χ3v) is 6.35. The molecule has 3 heterocycles. The number of fused-ring (bicyclic) bond motifs is 1. The van der Waals surface area contributed by atoms with Crippen molar-refractivity contribution in [3.05, 3.63) is 0 Å². The normalized spacial score (nSPS) is 32.1. The molecular formula is C17H26N2O5S. The number of ether oxygens (including phenoxy) is 2. The van der Waals surface area contributed by atoms with Crippen molar-refractivity contribution in [2.75, 3.05) is 19.4 Å². The van der Waals surface area contributed by atoms with Gasteiger partial charge in [-0.15, -0.1) is 11.8 Å². The molecular weight excluding hydrogens is 344 g/mol. The number of rotatable bonds is 1. The second-order valence-electron chi connectivity index (χ2n) is 7.86. The van der Waals surface area contributed by atoms with E-state index in [1.165, 1.54) is 7.11 Å². The van der Waals surface area contributed by atoms with Crippen molar-refractivity contribution in [3.8, 4) is 0 Å². The fourth-order valence-corrected chi connectivity index (χ4v) is 5.48. The third-order valence-electron chi connectivity index (χ3n) is 5.06. The number of hydrogen-bond donors (Lipinski definition) is 0. The summed E-state index contributed by atoms with van der Waals surface area (Å²) in [5.41, 5.74) is -1.50. The summed E-state index contributed by atoms with van der Waals surface area (Å²) >= 11 is 1.59. The first-order valence-electron chi connectivity index (χ1n) is 8.72. The average molecular weight is 370 g/mol. The van der Waals surface area contributed by atoms with Gasteiger partial charge in [-0.1, -0.05) is 0 Å². The molecule has 3 atom stereocenters. The van der Waals surface area contributed by atoms with Crippen molar-refractivity contribution >= 4 is 29.7 Å². The van der Waals surface area contributed by atoms with Crippen LogP contribution in [0.2, 0.25) is 0 Å². The van der Waals surface area contributed by atoms with E-state index < -0.39 is 23.3 Å². The number of nitrogens with zero attached hydrogens (tertiary/aromatic N) is 2. The van der Waals surface area contributed by atoms with Crippen LogP contribution < -0.4 is 0 Å². The number of hydrogen-bond acceptors (Lipinski definition) is 6. The minimum atomic E-state index is -0.884. The Bertz CT molecular complexity index is 590. The van der Waals surface area contributed by atoms with Crippen molar-refractivity contribution in [2.45, 2.75) is 69.0 Å². The smallest absolute Gasteiger partial charge is 0.411 e. The van der Waals surface area contributed by atoms with Crippen molar-refractivity contribution in [3.63, 3.8) is 0 Å². The zero-order chi connectivity index (χ0) is 18.4. The van der Waals surface area contributed by atoms with Gasteiger partial charge in [0.15, 0.2) is 0 Å². The summed E-state index contributed by atoms with van der Waals surface area (Å²) in [5.74, 6) is 0.0227. The van der Waals surface area contributed by atoms with Gasteiger partial charge in [-0.3, -0.25) is 9.69 Å². The van der Waals surface area contributed by atoms with Crippen molar-refractivity contribution < 1.29 is 23.9 Å². The first-order chi connectivity index (χ1) is 11.7.